The first-order chi connectivity index (χ1) is 13.9. The van der Waals surface area contributed by atoms with Crippen LogP contribution in [0.25, 0.3) is 16.9 Å². The van der Waals surface area contributed by atoms with E-state index in [1.54, 1.807) is 24.5 Å². The van der Waals surface area contributed by atoms with Gasteiger partial charge in [-0.1, -0.05) is 35.3 Å². The minimum Gasteiger partial charge on any atom is -0.407 e. The molecule has 0 radical (unpaired) electrons. The molecule has 0 saturated carbocycles. The highest BCUT2D eigenvalue weighted by Gasteiger charge is 2.19. The van der Waals surface area contributed by atoms with Crippen molar-refractivity contribution in [3.63, 3.8) is 0 Å². The van der Waals surface area contributed by atoms with Crippen LogP contribution in [0.3, 0.4) is 0 Å². The first-order valence-corrected chi connectivity index (χ1v) is 9.60. The Morgan fingerprint density at radius 3 is 2.66 bits per heavy atom. The number of fused-ring (bicyclic) bond motifs is 1. The lowest BCUT2D eigenvalue weighted by atomic mass is 10.1. The molecule has 3 aromatic heterocycles. The van der Waals surface area contributed by atoms with Gasteiger partial charge in [-0.3, -0.25) is 9.78 Å². The molecule has 0 aliphatic heterocycles. The SMILES string of the molecule is CC(=O)Oc1cc(-c2ccncc2)nc2c(Cc3cccc(Cl)c3Cl)c(C)nn12. The van der Waals surface area contributed by atoms with Crippen LogP contribution in [0.1, 0.15) is 23.7 Å². The molecule has 0 aliphatic rings. The Labute approximate surface area is 177 Å². The summed E-state index contributed by atoms with van der Waals surface area (Å²) in [6.45, 7) is 3.23. The maximum Gasteiger partial charge on any atom is 0.309 e. The molecular formula is C21H16Cl2N4O2. The van der Waals surface area contributed by atoms with Crippen molar-refractivity contribution in [3.8, 4) is 17.1 Å². The largest absolute Gasteiger partial charge is 0.407 e. The van der Waals surface area contributed by atoms with Crippen molar-refractivity contribution in [1.82, 2.24) is 19.6 Å². The van der Waals surface area contributed by atoms with Crippen LogP contribution in [0.5, 0.6) is 5.88 Å². The lowest BCUT2D eigenvalue weighted by Gasteiger charge is -2.09. The summed E-state index contributed by atoms with van der Waals surface area (Å²) in [4.78, 5) is 20.5. The molecule has 3 heterocycles. The van der Waals surface area contributed by atoms with E-state index in [4.69, 9.17) is 32.9 Å². The Kier molecular flexibility index (Phi) is 5.22. The minimum absolute atomic E-state index is 0.292. The summed E-state index contributed by atoms with van der Waals surface area (Å²) in [5.74, 6) is -0.147. The summed E-state index contributed by atoms with van der Waals surface area (Å²) >= 11 is 12.6. The summed E-state index contributed by atoms with van der Waals surface area (Å²) in [6, 6.07) is 10.9. The van der Waals surface area contributed by atoms with Crippen molar-refractivity contribution in [2.45, 2.75) is 20.3 Å². The Hall–Kier alpha value is -2.96. The van der Waals surface area contributed by atoms with Gasteiger partial charge < -0.3 is 4.74 Å². The maximum atomic E-state index is 11.6. The van der Waals surface area contributed by atoms with E-state index in [0.29, 0.717) is 33.7 Å². The molecule has 0 spiro atoms. The van der Waals surface area contributed by atoms with E-state index < -0.39 is 5.97 Å². The maximum absolute atomic E-state index is 11.6. The van der Waals surface area contributed by atoms with Crippen LogP contribution in [0.15, 0.2) is 48.8 Å². The van der Waals surface area contributed by atoms with E-state index in [0.717, 1.165) is 22.4 Å². The van der Waals surface area contributed by atoms with Gasteiger partial charge in [0.2, 0.25) is 5.88 Å². The average Bonchev–Trinajstić information content (AvgIpc) is 3.01. The van der Waals surface area contributed by atoms with E-state index in [-0.39, 0.29) is 0 Å². The number of hydrogen-bond donors (Lipinski definition) is 0. The van der Waals surface area contributed by atoms with Gasteiger partial charge in [0.15, 0.2) is 5.65 Å². The molecule has 0 fully saturated rings. The van der Waals surface area contributed by atoms with Crippen LogP contribution in [0, 0.1) is 6.92 Å². The first kappa shape index (κ1) is 19.4. The zero-order valence-electron chi connectivity index (χ0n) is 15.7. The molecule has 4 rings (SSSR count). The summed E-state index contributed by atoms with van der Waals surface area (Å²) in [5, 5.41) is 5.53. The Morgan fingerprint density at radius 2 is 1.93 bits per heavy atom. The highest BCUT2D eigenvalue weighted by Crippen LogP contribution is 2.31. The summed E-state index contributed by atoms with van der Waals surface area (Å²) in [6.07, 6.45) is 3.85. The number of aromatic nitrogens is 4. The van der Waals surface area contributed by atoms with Crippen molar-refractivity contribution in [2.75, 3.05) is 0 Å². The number of hydrogen-bond acceptors (Lipinski definition) is 5. The molecule has 0 saturated heterocycles. The van der Waals surface area contributed by atoms with E-state index in [9.17, 15) is 4.79 Å². The number of esters is 1. The summed E-state index contributed by atoms with van der Waals surface area (Å²) < 4.78 is 6.95. The number of carbonyl (C=O) groups is 1. The quantitative estimate of drug-likeness (QED) is 0.433. The third-order valence-corrected chi connectivity index (χ3v) is 5.33. The van der Waals surface area contributed by atoms with E-state index >= 15 is 0 Å². The van der Waals surface area contributed by atoms with Crippen molar-refractivity contribution in [1.29, 1.82) is 0 Å². The lowest BCUT2D eigenvalue weighted by Crippen LogP contribution is -2.08. The third kappa shape index (κ3) is 3.81. The molecule has 6 nitrogen and oxygen atoms in total. The van der Waals surface area contributed by atoms with Gasteiger partial charge in [-0.15, -0.1) is 0 Å². The van der Waals surface area contributed by atoms with Gasteiger partial charge in [0.1, 0.15) is 0 Å². The smallest absolute Gasteiger partial charge is 0.309 e. The first-order valence-electron chi connectivity index (χ1n) is 8.85. The van der Waals surface area contributed by atoms with Gasteiger partial charge in [-0.05, 0) is 30.7 Å². The fourth-order valence-corrected chi connectivity index (χ4v) is 3.50. The fraction of sp³-hybridized carbons (Fsp3) is 0.143. The molecule has 29 heavy (non-hydrogen) atoms. The van der Waals surface area contributed by atoms with Crippen molar-refractivity contribution in [3.05, 3.63) is 75.7 Å². The second-order valence-corrected chi connectivity index (χ2v) is 7.28. The Morgan fingerprint density at radius 1 is 1.17 bits per heavy atom. The predicted octanol–water partition coefficient (Wildman–Crippen LogP) is 4.92. The molecule has 0 bridgehead atoms. The lowest BCUT2D eigenvalue weighted by molar-refractivity contribution is -0.132. The monoisotopic (exact) mass is 426 g/mol. The van der Waals surface area contributed by atoms with Gasteiger partial charge in [0, 0.05) is 42.9 Å². The van der Waals surface area contributed by atoms with Crippen LogP contribution >= 0.6 is 23.2 Å². The van der Waals surface area contributed by atoms with Gasteiger partial charge in [0.05, 0.1) is 21.4 Å². The van der Waals surface area contributed by atoms with Crippen LogP contribution in [0.4, 0.5) is 0 Å². The molecule has 0 N–H and O–H groups in total. The Bertz CT molecular complexity index is 1220. The van der Waals surface area contributed by atoms with Gasteiger partial charge in [-0.2, -0.15) is 9.61 Å². The number of halogens is 2. The zero-order valence-corrected chi connectivity index (χ0v) is 17.2. The van der Waals surface area contributed by atoms with Crippen molar-refractivity contribution < 1.29 is 9.53 Å². The number of pyridine rings is 1. The average molecular weight is 427 g/mol. The number of benzene rings is 1. The molecule has 8 heteroatoms. The number of nitrogens with zero attached hydrogens (tertiary/aromatic N) is 4. The molecule has 1 aromatic carbocycles. The minimum atomic E-state index is -0.439. The zero-order chi connectivity index (χ0) is 20.5. The standard InChI is InChI=1S/C21H16Cl2N4O2/c1-12-16(10-15-4-3-5-17(22)20(15)23)21-25-18(14-6-8-24-9-7-14)11-19(27(21)26-12)29-13(2)28/h3-9,11H,10H2,1-2H3. The highest BCUT2D eigenvalue weighted by molar-refractivity contribution is 6.42. The molecule has 0 atom stereocenters. The molecule has 0 amide bonds. The van der Waals surface area contributed by atoms with E-state index in [1.807, 2.05) is 31.2 Å². The molecular weight excluding hydrogens is 411 g/mol. The number of aryl methyl sites for hydroxylation is 1. The summed E-state index contributed by atoms with van der Waals surface area (Å²) in [7, 11) is 0. The summed E-state index contributed by atoms with van der Waals surface area (Å²) in [5.41, 5.74) is 4.58. The second kappa shape index (κ2) is 7.81. The highest BCUT2D eigenvalue weighted by atomic mass is 35.5. The van der Waals surface area contributed by atoms with Gasteiger partial charge in [-0.25, -0.2) is 4.98 Å². The topological polar surface area (TPSA) is 69.4 Å². The van der Waals surface area contributed by atoms with Crippen molar-refractivity contribution in [2.24, 2.45) is 0 Å². The number of rotatable bonds is 4. The molecule has 0 aliphatic carbocycles. The van der Waals surface area contributed by atoms with Gasteiger partial charge >= 0.3 is 5.97 Å². The molecule has 146 valence electrons. The van der Waals surface area contributed by atoms with Crippen molar-refractivity contribution >= 4 is 34.8 Å². The van der Waals surface area contributed by atoms with Gasteiger partial charge in [0.25, 0.3) is 0 Å². The molecule has 4 aromatic rings. The second-order valence-electron chi connectivity index (χ2n) is 6.50. The Balaban J connectivity index is 1.92. The van der Waals surface area contributed by atoms with Crippen LogP contribution < -0.4 is 4.74 Å². The molecule has 0 unspecified atom stereocenters. The van der Waals surface area contributed by atoms with Crippen LogP contribution in [-0.2, 0) is 11.2 Å². The normalized spacial score (nSPS) is 11.0. The predicted molar refractivity (Wildman–Crippen MR) is 112 cm³/mol. The fourth-order valence-electron chi connectivity index (χ4n) is 3.11. The van der Waals surface area contributed by atoms with Crippen LogP contribution in [0.2, 0.25) is 10.0 Å². The number of ether oxygens (including phenoxy) is 1. The number of carbonyl (C=O) groups excluding carboxylic acids is 1. The third-order valence-electron chi connectivity index (χ3n) is 4.48. The van der Waals surface area contributed by atoms with Crippen LogP contribution in [-0.4, -0.2) is 25.6 Å². The van der Waals surface area contributed by atoms with E-state index in [2.05, 4.69) is 10.1 Å². The van der Waals surface area contributed by atoms with E-state index in [1.165, 1.54) is 11.4 Å².